The second-order valence-corrected chi connectivity index (χ2v) is 6.55. The third kappa shape index (κ3) is 2.96. The summed E-state index contributed by atoms with van der Waals surface area (Å²) in [7, 11) is 0. The number of oxazole rings is 1. The van der Waals surface area contributed by atoms with Crippen LogP contribution in [-0.2, 0) is 0 Å². The molecule has 0 amide bonds. The fourth-order valence-corrected chi connectivity index (χ4v) is 3.76. The van der Waals surface area contributed by atoms with Crippen LogP contribution in [0.5, 0.6) is 0 Å². The molecule has 3 aromatic heterocycles. The maximum absolute atomic E-state index is 6.09. The number of hydrogen-bond donors (Lipinski definition) is 0. The molecule has 6 rings (SSSR count). The lowest BCUT2D eigenvalue weighted by Gasteiger charge is -2.30. The molecular weight excluding hydrogens is 338 g/mol. The number of rotatable bonds is 2. The average molecular weight is 358 g/mol. The van der Waals surface area contributed by atoms with Gasteiger partial charge in [0.05, 0.1) is 0 Å². The van der Waals surface area contributed by atoms with E-state index in [1.54, 1.807) is 6.20 Å². The highest BCUT2D eigenvalue weighted by molar-refractivity contribution is 5.85. The van der Waals surface area contributed by atoms with Crippen LogP contribution in [0.2, 0.25) is 0 Å². The molecule has 0 aliphatic carbocycles. The largest absolute Gasteiger partial charge is 0.422 e. The molecule has 3 aromatic rings. The lowest BCUT2D eigenvalue weighted by atomic mass is 10.1. The van der Waals surface area contributed by atoms with Gasteiger partial charge >= 0.3 is 0 Å². The predicted octanol–water partition coefficient (Wildman–Crippen LogP) is 2.99. The number of halogens is 1. The number of pyridine rings is 2. The topological polar surface area (TPSA) is 58.3 Å². The van der Waals surface area contributed by atoms with Gasteiger partial charge in [-0.3, -0.25) is 4.98 Å². The first kappa shape index (κ1) is 16.3. The minimum Gasteiger partial charge on any atom is -0.422 e. The Morgan fingerprint density at radius 2 is 1.92 bits per heavy atom. The van der Waals surface area contributed by atoms with Gasteiger partial charge in [-0.25, -0.2) is 4.98 Å². The van der Waals surface area contributed by atoms with Crippen LogP contribution in [0, 0.1) is 0 Å². The van der Waals surface area contributed by atoms with Crippen molar-refractivity contribution in [2.75, 3.05) is 31.1 Å². The normalized spacial score (nSPS) is 22.6. The minimum absolute atomic E-state index is 0. The van der Waals surface area contributed by atoms with E-state index in [0.717, 1.165) is 35.8 Å². The number of aromatic nitrogens is 3. The molecule has 0 radical (unpaired) electrons. The van der Waals surface area contributed by atoms with Crippen molar-refractivity contribution in [3.63, 3.8) is 0 Å². The monoisotopic (exact) mass is 357 g/mol. The highest BCUT2D eigenvalue weighted by Gasteiger charge is 2.31. The maximum atomic E-state index is 6.09. The van der Waals surface area contributed by atoms with Gasteiger partial charge in [-0.05, 0) is 25.0 Å². The van der Waals surface area contributed by atoms with Gasteiger partial charge in [-0.15, -0.1) is 12.4 Å². The third-order valence-corrected chi connectivity index (χ3v) is 5.13. The minimum atomic E-state index is 0. The second-order valence-electron chi connectivity index (χ2n) is 6.55. The summed E-state index contributed by atoms with van der Waals surface area (Å²) in [5, 5.41) is 0. The van der Waals surface area contributed by atoms with Crippen molar-refractivity contribution in [1.29, 1.82) is 0 Å². The van der Waals surface area contributed by atoms with Crippen LogP contribution in [0.1, 0.15) is 12.8 Å². The van der Waals surface area contributed by atoms with E-state index in [1.165, 1.54) is 25.9 Å². The van der Waals surface area contributed by atoms with Crippen molar-refractivity contribution >= 4 is 29.7 Å². The van der Waals surface area contributed by atoms with Crippen LogP contribution in [0.25, 0.3) is 22.4 Å². The predicted molar refractivity (Wildman–Crippen MR) is 99.1 cm³/mol. The summed E-state index contributed by atoms with van der Waals surface area (Å²) in [5.74, 6) is 0. The fourth-order valence-electron chi connectivity index (χ4n) is 3.76. The van der Waals surface area contributed by atoms with Crippen LogP contribution in [0.4, 0.5) is 6.01 Å². The van der Waals surface area contributed by atoms with Gasteiger partial charge in [0.25, 0.3) is 6.01 Å². The maximum Gasteiger partial charge on any atom is 0.300 e. The van der Waals surface area contributed by atoms with Crippen LogP contribution in [-0.4, -0.2) is 52.1 Å². The van der Waals surface area contributed by atoms with E-state index in [-0.39, 0.29) is 12.4 Å². The molecule has 3 saturated heterocycles. The van der Waals surface area contributed by atoms with Crippen LogP contribution in [0.15, 0.2) is 41.2 Å². The van der Waals surface area contributed by atoms with Gasteiger partial charge in [0.2, 0.25) is 5.65 Å². The quantitative estimate of drug-likeness (QED) is 0.702. The van der Waals surface area contributed by atoms with E-state index in [1.807, 2.05) is 30.6 Å². The number of hydrogen-bond acceptors (Lipinski definition) is 6. The lowest BCUT2D eigenvalue weighted by molar-refractivity contribution is 0.249. The van der Waals surface area contributed by atoms with E-state index >= 15 is 0 Å². The molecule has 0 saturated carbocycles. The number of nitrogens with zero attached hydrogens (tertiary/aromatic N) is 5. The lowest BCUT2D eigenvalue weighted by Crippen LogP contribution is -2.38. The van der Waals surface area contributed by atoms with Gasteiger partial charge in [-0.2, -0.15) is 4.98 Å². The first-order valence-corrected chi connectivity index (χ1v) is 8.53. The van der Waals surface area contributed by atoms with Crippen molar-refractivity contribution in [2.24, 2.45) is 0 Å². The molecule has 25 heavy (non-hydrogen) atoms. The molecule has 0 N–H and O–H groups in total. The molecule has 2 bridgehead atoms. The zero-order valence-electron chi connectivity index (χ0n) is 13.8. The third-order valence-electron chi connectivity index (χ3n) is 5.13. The number of piperidine rings is 1. The average Bonchev–Trinajstić information content (AvgIpc) is 2.82. The van der Waals surface area contributed by atoms with Crippen molar-refractivity contribution in [3.05, 3.63) is 36.8 Å². The highest BCUT2D eigenvalue weighted by atomic mass is 35.5. The summed E-state index contributed by atoms with van der Waals surface area (Å²) >= 11 is 0. The molecule has 0 aromatic carbocycles. The van der Waals surface area contributed by atoms with Crippen molar-refractivity contribution in [1.82, 2.24) is 19.9 Å². The Labute approximate surface area is 152 Å². The molecule has 3 aliphatic rings. The molecule has 3 aliphatic heterocycles. The molecular formula is C18H20ClN5O. The Kier molecular flexibility index (Phi) is 4.31. The Hall–Kier alpha value is -2.18. The molecule has 130 valence electrons. The standard InChI is InChI=1S/C18H19N5O.ClH/c1-2-13(11-19-5-1)14-10-16-17(20-12-14)21-18(24-16)23-9-8-22-6-3-15(23)4-7-22;/h1-2,5,10-12,15H,3-4,6-9H2;1H. The van der Waals surface area contributed by atoms with Crippen molar-refractivity contribution < 1.29 is 4.42 Å². The summed E-state index contributed by atoms with van der Waals surface area (Å²) in [6.07, 6.45) is 7.82. The van der Waals surface area contributed by atoms with E-state index in [4.69, 9.17) is 4.42 Å². The Morgan fingerprint density at radius 1 is 1.04 bits per heavy atom. The van der Waals surface area contributed by atoms with Crippen LogP contribution >= 0.6 is 12.4 Å². The molecule has 0 spiro atoms. The molecule has 7 heteroatoms. The summed E-state index contributed by atoms with van der Waals surface area (Å²) < 4.78 is 6.09. The van der Waals surface area contributed by atoms with Crippen molar-refractivity contribution in [2.45, 2.75) is 18.9 Å². The van der Waals surface area contributed by atoms with Gasteiger partial charge in [0.15, 0.2) is 5.58 Å². The second kappa shape index (κ2) is 6.61. The Bertz CT molecular complexity index is 860. The number of fused-ring (bicyclic) bond motifs is 5. The molecule has 6 nitrogen and oxygen atoms in total. The van der Waals surface area contributed by atoms with Gasteiger partial charge in [0.1, 0.15) is 0 Å². The van der Waals surface area contributed by atoms with E-state index in [0.29, 0.717) is 11.7 Å². The summed E-state index contributed by atoms with van der Waals surface area (Å²) in [6, 6.07) is 7.21. The van der Waals surface area contributed by atoms with Gasteiger partial charge in [0, 0.05) is 61.9 Å². The fraction of sp³-hybridized carbons (Fsp3) is 0.389. The van der Waals surface area contributed by atoms with Crippen LogP contribution in [0.3, 0.4) is 0 Å². The smallest absolute Gasteiger partial charge is 0.300 e. The highest BCUT2D eigenvalue weighted by Crippen LogP contribution is 2.30. The first-order chi connectivity index (χ1) is 11.9. The number of anilines is 1. The SMILES string of the molecule is Cl.c1cncc(-c2cnc3nc(N4CCN5CCC4CC5)oc3c2)c1. The summed E-state index contributed by atoms with van der Waals surface area (Å²) in [5.41, 5.74) is 3.45. The van der Waals surface area contributed by atoms with E-state index < -0.39 is 0 Å². The molecule has 0 unspecified atom stereocenters. The Morgan fingerprint density at radius 3 is 2.72 bits per heavy atom. The molecule has 0 atom stereocenters. The first-order valence-electron chi connectivity index (χ1n) is 8.53. The van der Waals surface area contributed by atoms with Gasteiger partial charge in [-0.1, -0.05) is 6.07 Å². The van der Waals surface area contributed by atoms with Crippen molar-refractivity contribution in [3.8, 4) is 11.1 Å². The van der Waals surface area contributed by atoms with Crippen LogP contribution < -0.4 is 4.90 Å². The van der Waals surface area contributed by atoms with Gasteiger partial charge < -0.3 is 14.2 Å². The molecule has 3 fully saturated rings. The molecule has 6 heterocycles. The van der Waals surface area contributed by atoms with E-state index in [9.17, 15) is 0 Å². The van der Waals surface area contributed by atoms with E-state index in [2.05, 4.69) is 24.8 Å². The zero-order valence-corrected chi connectivity index (χ0v) is 14.7. The Balaban J connectivity index is 0.00000157. The zero-order chi connectivity index (χ0) is 15.9. The summed E-state index contributed by atoms with van der Waals surface area (Å²) in [6.45, 7) is 4.44. The summed E-state index contributed by atoms with van der Waals surface area (Å²) in [4.78, 5) is 18.2.